The lowest BCUT2D eigenvalue weighted by atomic mass is 9.91. The Kier molecular flexibility index (Phi) is 6.06. The molecule has 21 heavy (non-hydrogen) atoms. The van der Waals surface area contributed by atoms with E-state index in [0.717, 1.165) is 18.8 Å². The summed E-state index contributed by atoms with van der Waals surface area (Å²) in [5, 5.41) is 8.09. The van der Waals surface area contributed by atoms with Crippen molar-refractivity contribution in [3.8, 4) is 5.75 Å². The Hall–Kier alpha value is -1.07. The number of aromatic nitrogens is 2. The van der Waals surface area contributed by atoms with Crippen LogP contribution in [-0.2, 0) is 6.54 Å². The molecule has 0 radical (unpaired) electrons. The molecule has 0 aliphatic heterocycles. The topological polar surface area (TPSA) is 42.3 Å². The summed E-state index contributed by atoms with van der Waals surface area (Å²) in [7, 11) is 8.03. The van der Waals surface area contributed by atoms with Gasteiger partial charge in [-0.05, 0) is 34.0 Å². The summed E-state index contributed by atoms with van der Waals surface area (Å²) in [6, 6.07) is 0.524. The minimum atomic E-state index is 0.497. The van der Waals surface area contributed by atoms with Gasteiger partial charge in [0.2, 0.25) is 0 Å². The van der Waals surface area contributed by atoms with Gasteiger partial charge in [-0.15, -0.1) is 0 Å². The number of hydrogen-bond acceptors (Lipinski definition) is 4. The van der Waals surface area contributed by atoms with E-state index in [0.29, 0.717) is 12.0 Å². The molecule has 0 spiro atoms. The van der Waals surface area contributed by atoms with E-state index >= 15 is 0 Å². The van der Waals surface area contributed by atoms with E-state index in [4.69, 9.17) is 4.74 Å². The van der Waals surface area contributed by atoms with Gasteiger partial charge in [0.15, 0.2) is 5.75 Å². The minimum absolute atomic E-state index is 0.497. The third-order valence-corrected chi connectivity index (χ3v) is 4.56. The average molecular weight is 294 g/mol. The van der Waals surface area contributed by atoms with Crippen molar-refractivity contribution in [3.63, 3.8) is 0 Å². The fraction of sp³-hybridized carbons (Fsp3) is 0.812. The first-order valence-electron chi connectivity index (χ1n) is 8.09. The molecule has 1 heterocycles. The first kappa shape index (κ1) is 16.3. The standard InChI is InChI=1S/C16H30N4O/c1-17-14-9-7-5-6-8-13(14)16-15(21-4)12-18-20(16)11-10-19(2)3/h12-14,17H,5-11H2,1-4H3. The molecular weight excluding hydrogens is 264 g/mol. The smallest absolute Gasteiger partial charge is 0.160 e. The number of methoxy groups -OCH3 is 1. The molecule has 0 aromatic carbocycles. The van der Waals surface area contributed by atoms with E-state index in [2.05, 4.69) is 41.1 Å². The van der Waals surface area contributed by atoms with Gasteiger partial charge >= 0.3 is 0 Å². The summed E-state index contributed by atoms with van der Waals surface area (Å²) < 4.78 is 7.75. The van der Waals surface area contributed by atoms with Crippen LogP contribution < -0.4 is 10.1 Å². The summed E-state index contributed by atoms with van der Waals surface area (Å²) in [6.07, 6.45) is 8.28. The van der Waals surface area contributed by atoms with E-state index in [1.807, 2.05) is 6.20 Å². The Morgan fingerprint density at radius 3 is 2.76 bits per heavy atom. The van der Waals surface area contributed by atoms with Crippen molar-refractivity contribution in [2.24, 2.45) is 0 Å². The third-order valence-electron chi connectivity index (χ3n) is 4.56. The number of nitrogens with zero attached hydrogens (tertiary/aromatic N) is 3. The van der Waals surface area contributed by atoms with E-state index in [9.17, 15) is 0 Å². The Balaban J connectivity index is 2.27. The van der Waals surface area contributed by atoms with Crippen LogP contribution >= 0.6 is 0 Å². The van der Waals surface area contributed by atoms with E-state index in [1.54, 1.807) is 7.11 Å². The second kappa shape index (κ2) is 7.80. The molecule has 1 aromatic heterocycles. The predicted octanol–water partition coefficient (Wildman–Crippen LogP) is 2.09. The lowest BCUT2D eigenvalue weighted by Crippen LogP contribution is -2.33. The van der Waals surface area contributed by atoms with Crippen LogP contribution in [0.5, 0.6) is 5.75 Å². The number of ether oxygens (including phenoxy) is 1. The number of nitrogens with one attached hydrogen (secondary N) is 1. The van der Waals surface area contributed by atoms with Crippen LogP contribution in [0.15, 0.2) is 6.20 Å². The highest BCUT2D eigenvalue weighted by Crippen LogP contribution is 2.36. The van der Waals surface area contributed by atoms with Crippen LogP contribution in [-0.4, -0.2) is 55.5 Å². The molecule has 0 bridgehead atoms. The molecule has 2 atom stereocenters. The SMILES string of the molecule is CNC1CCCCCC1c1c(OC)cnn1CCN(C)C. The van der Waals surface area contributed by atoms with Crippen LogP contribution in [0.4, 0.5) is 0 Å². The molecular formula is C16H30N4O. The Morgan fingerprint density at radius 1 is 1.33 bits per heavy atom. The Bertz CT molecular complexity index is 430. The highest BCUT2D eigenvalue weighted by molar-refractivity contribution is 5.30. The van der Waals surface area contributed by atoms with Crippen molar-refractivity contribution in [2.45, 2.75) is 50.6 Å². The predicted molar refractivity (Wildman–Crippen MR) is 86.0 cm³/mol. The average Bonchev–Trinajstić information content (AvgIpc) is 2.73. The first-order chi connectivity index (χ1) is 10.2. The number of likely N-dealkylation sites (N-methyl/N-ethyl adjacent to an activating group) is 2. The molecule has 5 heteroatoms. The van der Waals surface area contributed by atoms with Gasteiger partial charge in [0.05, 0.1) is 25.5 Å². The zero-order valence-corrected chi connectivity index (χ0v) is 13.9. The summed E-state index contributed by atoms with van der Waals surface area (Å²) in [6.45, 7) is 1.91. The maximum absolute atomic E-state index is 5.59. The minimum Gasteiger partial charge on any atom is -0.493 e. The monoisotopic (exact) mass is 294 g/mol. The fourth-order valence-electron chi connectivity index (χ4n) is 3.36. The molecule has 0 saturated heterocycles. The lowest BCUT2D eigenvalue weighted by Gasteiger charge is -2.26. The Labute approximate surface area is 128 Å². The Morgan fingerprint density at radius 2 is 2.10 bits per heavy atom. The van der Waals surface area contributed by atoms with Crippen molar-refractivity contribution in [1.29, 1.82) is 0 Å². The van der Waals surface area contributed by atoms with Gasteiger partial charge in [-0.2, -0.15) is 5.10 Å². The van der Waals surface area contributed by atoms with Crippen LogP contribution in [0.3, 0.4) is 0 Å². The van der Waals surface area contributed by atoms with Crippen molar-refractivity contribution < 1.29 is 4.74 Å². The zero-order chi connectivity index (χ0) is 15.2. The van der Waals surface area contributed by atoms with Gasteiger partial charge in [-0.25, -0.2) is 0 Å². The molecule has 2 unspecified atom stereocenters. The number of hydrogen-bond donors (Lipinski definition) is 1. The molecule has 5 nitrogen and oxygen atoms in total. The molecule has 1 aromatic rings. The largest absolute Gasteiger partial charge is 0.493 e. The van der Waals surface area contributed by atoms with Crippen molar-refractivity contribution >= 4 is 0 Å². The molecule has 2 rings (SSSR count). The molecule has 1 saturated carbocycles. The second-order valence-corrected chi connectivity index (χ2v) is 6.26. The van der Waals surface area contributed by atoms with E-state index < -0.39 is 0 Å². The highest BCUT2D eigenvalue weighted by Gasteiger charge is 2.29. The van der Waals surface area contributed by atoms with Crippen molar-refractivity contribution in [1.82, 2.24) is 20.0 Å². The molecule has 120 valence electrons. The van der Waals surface area contributed by atoms with Gasteiger partial charge < -0.3 is 15.0 Å². The molecule has 1 N–H and O–H groups in total. The van der Waals surface area contributed by atoms with Crippen molar-refractivity contribution in [3.05, 3.63) is 11.9 Å². The highest BCUT2D eigenvalue weighted by atomic mass is 16.5. The second-order valence-electron chi connectivity index (χ2n) is 6.26. The molecule has 1 fully saturated rings. The summed E-state index contributed by atoms with van der Waals surface area (Å²) in [5.41, 5.74) is 1.28. The quantitative estimate of drug-likeness (QED) is 0.816. The molecule has 1 aliphatic rings. The lowest BCUT2D eigenvalue weighted by molar-refractivity contribution is 0.344. The normalized spacial score (nSPS) is 23.3. The maximum Gasteiger partial charge on any atom is 0.160 e. The van der Waals surface area contributed by atoms with Crippen LogP contribution in [0.1, 0.15) is 43.7 Å². The summed E-state index contributed by atoms with van der Waals surface area (Å²) in [4.78, 5) is 2.20. The van der Waals surface area contributed by atoms with Crippen LogP contribution in [0.2, 0.25) is 0 Å². The fourth-order valence-corrected chi connectivity index (χ4v) is 3.36. The van der Waals surface area contributed by atoms with E-state index in [-0.39, 0.29) is 0 Å². The van der Waals surface area contributed by atoms with Crippen molar-refractivity contribution in [2.75, 3.05) is 34.8 Å². The van der Waals surface area contributed by atoms with Gasteiger partial charge in [-0.3, -0.25) is 4.68 Å². The number of rotatable bonds is 6. The summed E-state index contributed by atoms with van der Waals surface area (Å²) >= 11 is 0. The van der Waals surface area contributed by atoms with Gasteiger partial charge in [0.1, 0.15) is 0 Å². The van der Waals surface area contributed by atoms with Gasteiger partial charge in [0, 0.05) is 18.5 Å². The zero-order valence-electron chi connectivity index (χ0n) is 13.9. The van der Waals surface area contributed by atoms with Crippen LogP contribution in [0.25, 0.3) is 0 Å². The first-order valence-corrected chi connectivity index (χ1v) is 8.09. The van der Waals surface area contributed by atoms with Gasteiger partial charge in [0.25, 0.3) is 0 Å². The maximum atomic E-state index is 5.59. The van der Waals surface area contributed by atoms with Gasteiger partial charge in [-0.1, -0.05) is 19.3 Å². The van der Waals surface area contributed by atoms with E-state index in [1.165, 1.54) is 37.8 Å². The van der Waals surface area contributed by atoms with Crippen LogP contribution in [0, 0.1) is 0 Å². The summed E-state index contributed by atoms with van der Waals surface area (Å²) in [5.74, 6) is 1.44. The molecule has 0 amide bonds. The third kappa shape index (κ3) is 3.98. The molecule has 1 aliphatic carbocycles.